The van der Waals surface area contributed by atoms with E-state index in [0.29, 0.717) is 5.75 Å². The van der Waals surface area contributed by atoms with Gasteiger partial charge in [-0.1, -0.05) is 78.4 Å². The molecule has 0 aliphatic heterocycles. The average molecular weight is 423 g/mol. The van der Waals surface area contributed by atoms with E-state index in [0.717, 1.165) is 34.1 Å². The normalized spacial score (nSPS) is 28.8. The Bertz CT molecular complexity index is 1210. The Kier molecular flexibility index (Phi) is 4.67. The van der Waals surface area contributed by atoms with Crippen molar-refractivity contribution in [3.63, 3.8) is 0 Å². The van der Waals surface area contributed by atoms with E-state index in [1.807, 2.05) is 106 Å². The van der Waals surface area contributed by atoms with Crippen LogP contribution >= 0.6 is 0 Å². The number of ketones is 1. The third-order valence-electron chi connectivity index (χ3n) is 7.35. The van der Waals surface area contributed by atoms with Crippen molar-refractivity contribution < 1.29 is 14.3 Å². The highest BCUT2D eigenvalue weighted by molar-refractivity contribution is 6.24. The molecule has 0 N–H and O–H groups in total. The number of Topliss-reactive ketones (excluding diaryl/α,β-unsaturated/α-hetero) is 1. The van der Waals surface area contributed by atoms with E-state index in [1.165, 1.54) is 0 Å². The molecule has 0 heterocycles. The number of allylic oxidation sites excluding steroid dienone is 1. The van der Waals surface area contributed by atoms with Gasteiger partial charge >= 0.3 is 0 Å². The van der Waals surface area contributed by atoms with Crippen LogP contribution in [0, 0.1) is 23.7 Å². The smallest absolute Gasteiger partial charge is 0.158 e. The predicted octanol–water partition coefficient (Wildman–Crippen LogP) is 5.78. The van der Waals surface area contributed by atoms with Crippen molar-refractivity contribution >= 4 is 23.2 Å². The Balaban J connectivity index is 1.77. The lowest BCUT2D eigenvalue weighted by molar-refractivity contribution is -0.128. The van der Waals surface area contributed by atoms with Crippen LogP contribution in [0.25, 0.3) is 11.1 Å². The van der Waals surface area contributed by atoms with Gasteiger partial charge in [0.2, 0.25) is 0 Å². The summed E-state index contributed by atoms with van der Waals surface area (Å²) >= 11 is 0. The Labute approximate surface area is 188 Å². The first-order valence-electron chi connectivity index (χ1n) is 11.0. The molecule has 2 aliphatic rings. The molecule has 0 radical (unpaired) electrons. The van der Waals surface area contributed by atoms with E-state index in [-0.39, 0.29) is 5.78 Å². The van der Waals surface area contributed by atoms with Crippen LogP contribution in [0.4, 0.5) is 0 Å². The number of rotatable bonds is 5. The van der Waals surface area contributed by atoms with Gasteiger partial charge in [-0.05, 0) is 55.2 Å². The van der Waals surface area contributed by atoms with Crippen LogP contribution in [0.5, 0.6) is 5.75 Å². The maximum atomic E-state index is 14.1. The zero-order valence-electron chi connectivity index (χ0n) is 18.5. The van der Waals surface area contributed by atoms with Crippen LogP contribution in [0.15, 0.2) is 84.9 Å². The molecule has 160 valence electrons. The fraction of sp³-hybridized carbons (Fsp3) is 0.241. The predicted molar refractivity (Wildman–Crippen MR) is 126 cm³/mol. The highest BCUT2D eigenvalue weighted by Gasteiger charge is 2.73. The van der Waals surface area contributed by atoms with Gasteiger partial charge in [0, 0.05) is 0 Å². The number of hydrogen-bond donors (Lipinski definition) is 0. The second kappa shape index (κ2) is 7.30. The zero-order valence-corrected chi connectivity index (χ0v) is 18.5. The summed E-state index contributed by atoms with van der Waals surface area (Å²) in [4.78, 5) is 26.6. The third-order valence-corrected chi connectivity index (χ3v) is 7.35. The van der Waals surface area contributed by atoms with E-state index in [1.54, 1.807) is 0 Å². The minimum atomic E-state index is -0.960. The Morgan fingerprint density at radius 1 is 0.750 bits per heavy atom. The second-order valence-corrected chi connectivity index (χ2v) is 9.23. The highest BCUT2D eigenvalue weighted by atomic mass is 16.5. The van der Waals surface area contributed by atoms with Crippen LogP contribution in [-0.4, -0.2) is 18.2 Å². The second-order valence-electron chi connectivity index (χ2n) is 9.23. The standard InChI is InChI=1S/C29H26O3/c1-19-14-16-22(17-15-19)32-26-23(18-30)28(2)24(20-10-6-4-7-11-20)25(29(26,3)27(28)31)21-12-8-5-9-13-21/h4-18,23,26H,1-3H3. The first kappa shape index (κ1) is 20.4. The lowest BCUT2D eigenvalue weighted by Crippen LogP contribution is -2.43. The number of ether oxygens (including phenoxy) is 1. The minimum absolute atomic E-state index is 0.0527. The van der Waals surface area contributed by atoms with Crippen LogP contribution in [-0.2, 0) is 9.59 Å². The largest absolute Gasteiger partial charge is 0.488 e. The van der Waals surface area contributed by atoms with Gasteiger partial charge in [0.15, 0.2) is 5.78 Å². The fourth-order valence-electron chi connectivity index (χ4n) is 5.80. The number of aryl methyl sites for hydroxylation is 1. The van der Waals surface area contributed by atoms with Gasteiger partial charge in [0.05, 0.1) is 16.7 Å². The van der Waals surface area contributed by atoms with Gasteiger partial charge in [-0.15, -0.1) is 0 Å². The molecule has 0 aromatic heterocycles. The van der Waals surface area contributed by atoms with Gasteiger partial charge in [-0.2, -0.15) is 0 Å². The number of hydrogen-bond acceptors (Lipinski definition) is 3. The van der Waals surface area contributed by atoms with Crippen molar-refractivity contribution in [3.8, 4) is 5.75 Å². The Morgan fingerprint density at radius 3 is 1.75 bits per heavy atom. The first-order valence-corrected chi connectivity index (χ1v) is 11.0. The van der Waals surface area contributed by atoms with E-state index in [9.17, 15) is 9.59 Å². The van der Waals surface area contributed by atoms with Crippen LogP contribution in [0.2, 0.25) is 0 Å². The molecule has 4 atom stereocenters. The van der Waals surface area contributed by atoms with Crippen molar-refractivity contribution in [2.24, 2.45) is 16.7 Å². The molecule has 3 nitrogen and oxygen atoms in total. The number of carbonyl (C=O) groups excluding carboxylic acids is 2. The van der Waals surface area contributed by atoms with Gasteiger partial charge in [0.1, 0.15) is 18.1 Å². The summed E-state index contributed by atoms with van der Waals surface area (Å²) in [5, 5.41) is 0. The Morgan fingerprint density at radius 2 is 1.25 bits per heavy atom. The molecule has 2 aliphatic carbocycles. The lowest BCUT2D eigenvalue weighted by atomic mass is 9.66. The molecule has 3 aromatic carbocycles. The first-order chi connectivity index (χ1) is 15.4. The molecular formula is C29H26O3. The molecular weight excluding hydrogens is 396 g/mol. The fourth-order valence-corrected chi connectivity index (χ4v) is 5.80. The van der Waals surface area contributed by atoms with Gasteiger partial charge in [-0.25, -0.2) is 0 Å². The lowest BCUT2D eigenvalue weighted by Gasteiger charge is -2.39. The van der Waals surface area contributed by atoms with E-state index in [4.69, 9.17) is 4.74 Å². The minimum Gasteiger partial charge on any atom is -0.488 e. The van der Waals surface area contributed by atoms with Crippen LogP contribution < -0.4 is 4.74 Å². The Hall–Kier alpha value is -3.46. The average Bonchev–Trinajstić information content (AvgIpc) is 3.10. The summed E-state index contributed by atoms with van der Waals surface area (Å²) in [6.07, 6.45) is 0.343. The van der Waals surface area contributed by atoms with Crippen molar-refractivity contribution in [2.75, 3.05) is 0 Å². The summed E-state index contributed by atoms with van der Waals surface area (Å²) in [7, 11) is 0. The third kappa shape index (κ3) is 2.67. The summed E-state index contributed by atoms with van der Waals surface area (Å²) in [5.41, 5.74) is 3.10. The van der Waals surface area contributed by atoms with E-state index < -0.39 is 22.9 Å². The van der Waals surface area contributed by atoms with Crippen molar-refractivity contribution in [1.82, 2.24) is 0 Å². The quantitative estimate of drug-likeness (QED) is 0.490. The van der Waals surface area contributed by atoms with E-state index >= 15 is 0 Å². The molecule has 5 rings (SSSR count). The van der Waals surface area contributed by atoms with Gasteiger partial charge in [0.25, 0.3) is 0 Å². The molecule has 0 saturated heterocycles. The molecule has 3 heteroatoms. The van der Waals surface area contributed by atoms with Crippen molar-refractivity contribution in [2.45, 2.75) is 26.9 Å². The summed E-state index contributed by atoms with van der Waals surface area (Å²) < 4.78 is 6.46. The SMILES string of the molecule is Cc1ccc(OC2C(C=O)C3(C)C(=O)C2(C)C(c2ccccc2)=C3c2ccccc2)cc1. The van der Waals surface area contributed by atoms with Crippen LogP contribution in [0.3, 0.4) is 0 Å². The number of fused-ring (bicyclic) bond motifs is 2. The van der Waals surface area contributed by atoms with Gasteiger partial charge < -0.3 is 9.53 Å². The molecule has 0 amide bonds. The maximum absolute atomic E-state index is 14.1. The topological polar surface area (TPSA) is 43.4 Å². The zero-order chi connectivity index (χ0) is 22.5. The number of carbonyl (C=O) groups is 2. The highest BCUT2D eigenvalue weighted by Crippen LogP contribution is 2.69. The summed E-state index contributed by atoms with van der Waals surface area (Å²) in [6.45, 7) is 5.89. The molecule has 4 unspecified atom stereocenters. The summed E-state index contributed by atoms with van der Waals surface area (Å²) in [5.74, 6) is 0.146. The number of aldehydes is 1. The number of benzene rings is 3. The molecule has 2 bridgehead atoms. The maximum Gasteiger partial charge on any atom is 0.158 e. The van der Waals surface area contributed by atoms with Crippen LogP contribution in [0.1, 0.15) is 30.5 Å². The molecule has 1 saturated carbocycles. The molecule has 32 heavy (non-hydrogen) atoms. The molecule has 0 spiro atoms. The van der Waals surface area contributed by atoms with Crippen molar-refractivity contribution in [1.29, 1.82) is 0 Å². The monoisotopic (exact) mass is 422 g/mol. The van der Waals surface area contributed by atoms with Gasteiger partial charge in [-0.3, -0.25) is 4.79 Å². The van der Waals surface area contributed by atoms with E-state index in [2.05, 4.69) is 0 Å². The molecule has 1 fully saturated rings. The van der Waals surface area contributed by atoms with Crippen molar-refractivity contribution in [3.05, 3.63) is 102 Å². The molecule has 3 aromatic rings. The summed E-state index contributed by atoms with van der Waals surface area (Å²) in [6, 6.07) is 27.8.